The summed E-state index contributed by atoms with van der Waals surface area (Å²) in [5.41, 5.74) is -2.30. The third-order valence-corrected chi connectivity index (χ3v) is 4.86. The van der Waals surface area contributed by atoms with Crippen LogP contribution in [0.4, 0.5) is 17.6 Å². The molecule has 1 fully saturated rings. The Kier molecular flexibility index (Phi) is 4.97. The van der Waals surface area contributed by atoms with Crippen LogP contribution < -0.4 is 10.3 Å². The van der Waals surface area contributed by atoms with Gasteiger partial charge < -0.3 is 14.5 Å². The Balaban J connectivity index is 1.69. The highest BCUT2D eigenvalue weighted by Gasteiger charge is 2.36. The van der Waals surface area contributed by atoms with Crippen molar-refractivity contribution in [1.82, 2.24) is 15.0 Å². The highest BCUT2D eigenvalue weighted by molar-refractivity contribution is 5.83. The van der Waals surface area contributed by atoms with E-state index in [-0.39, 0.29) is 36.5 Å². The molecule has 1 aliphatic rings. The molecule has 3 heterocycles. The molecule has 1 saturated heterocycles. The van der Waals surface area contributed by atoms with E-state index in [0.29, 0.717) is 23.4 Å². The average molecular weight is 423 g/mol. The Labute approximate surface area is 167 Å². The van der Waals surface area contributed by atoms with Gasteiger partial charge in [0.2, 0.25) is 0 Å². The number of nitrogens with one attached hydrogen (secondary N) is 1. The first-order chi connectivity index (χ1) is 14.1. The van der Waals surface area contributed by atoms with E-state index < -0.39 is 23.0 Å². The molecule has 4 rings (SSSR count). The highest BCUT2D eigenvalue weighted by Crippen LogP contribution is 2.31. The lowest BCUT2D eigenvalue weighted by Crippen LogP contribution is -2.31. The van der Waals surface area contributed by atoms with Gasteiger partial charge in [0.05, 0.1) is 23.1 Å². The maximum atomic E-state index is 14.4. The Morgan fingerprint density at radius 1 is 1.30 bits per heavy atom. The van der Waals surface area contributed by atoms with Crippen molar-refractivity contribution in [2.24, 2.45) is 0 Å². The van der Waals surface area contributed by atoms with Crippen molar-refractivity contribution >= 4 is 10.9 Å². The van der Waals surface area contributed by atoms with Crippen LogP contribution >= 0.6 is 0 Å². The van der Waals surface area contributed by atoms with Gasteiger partial charge in [0.15, 0.2) is 11.5 Å². The molecule has 0 saturated carbocycles. The Morgan fingerprint density at radius 3 is 2.80 bits per heavy atom. The van der Waals surface area contributed by atoms with Gasteiger partial charge in [-0.1, -0.05) is 0 Å². The van der Waals surface area contributed by atoms with Crippen LogP contribution in [0.1, 0.15) is 17.5 Å². The molecule has 1 unspecified atom stereocenters. The maximum absolute atomic E-state index is 14.4. The standard InChI is InChI=1S/C20H17F4N3O3/c1-11-6-13(30-10-19(21)3-5-29-9-19)8-14-16(11)26-17(27-18(14)28)15-7-12(2-4-25-15)20(22,23)24/h2,4,6-8H,3,5,9-10H2,1H3,(H,26,27,28). The van der Waals surface area contributed by atoms with Gasteiger partial charge in [-0.25, -0.2) is 9.37 Å². The molecular weight excluding hydrogens is 406 g/mol. The van der Waals surface area contributed by atoms with E-state index in [1.807, 2.05) is 0 Å². The second kappa shape index (κ2) is 7.35. The number of halogens is 4. The fourth-order valence-electron chi connectivity index (χ4n) is 3.23. The molecule has 1 aliphatic heterocycles. The minimum Gasteiger partial charge on any atom is -0.490 e. The van der Waals surface area contributed by atoms with E-state index in [1.54, 1.807) is 13.0 Å². The van der Waals surface area contributed by atoms with Crippen molar-refractivity contribution in [3.63, 3.8) is 0 Å². The van der Waals surface area contributed by atoms with E-state index in [0.717, 1.165) is 18.3 Å². The number of ether oxygens (including phenoxy) is 2. The third kappa shape index (κ3) is 4.00. The first kappa shape index (κ1) is 20.3. The smallest absolute Gasteiger partial charge is 0.416 e. The second-order valence-electron chi connectivity index (χ2n) is 7.22. The first-order valence-electron chi connectivity index (χ1n) is 9.12. The Morgan fingerprint density at radius 2 is 2.10 bits per heavy atom. The van der Waals surface area contributed by atoms with Crippen molar-refractivity contribution in [2.75, 3.05) is 19.8 Å². The summed E-state index contributed by atoms with van der Waals surface area (Å²) in [5, 5.41) is 0.177. The lowest BCUT2D eigenvalue weighted by atomic mass is 10.1. The van der Waals surface area contributed by atoms with Crippen molar-refractivity contribution in [2.45, 2.75) is 25.2 Å². The minimum atomic E-state index is -4.55. The number of alkyl halides is 4. The van der Waals surface area contributed by atoms with Crippen LogP contribution in [-0.2, 0) is 10.9 Å². The van der Waals surface area contributed by atoms with Gasteiger partial charge in [-0.2, -0.15) is 13.2 Å². The van der Waals surface area contributed by atoms with Gasteiger partial charge in [-0.05, 0) is 36.8 Å². The van der Waals surface area contributed by atoms with Crippen LogP contribution in [0.3, 0.4) is 0 Å². The van der Waals surface area contributed by atoms with E-state index in [9.17, 15) is 22.4 Å². The van der Waals surface area contributed by atoms with Gasteiger partial charge in [0.1, 0.15) is 18.1 Å². The molecular formula is C20H17F4N3O3. The number of H-pyrrole nitrogens is 1. The average Bonchev–Trinajstić information content (AvgIpc) is 3.13. The van der Waals surface area contributed by atoms with Crippen molar-refractivity contribution in [3.05, 3.63) is 51.9 Å². The number of aromatic nitrogens is 3. The number of hydrogen-bond acceptors (Lipinski definition) is 5. The topological polar surface area (TPSA) is 77.1 Å². The van der Waals surface area contributed by atoms with Gasteiger partial charge in [-0.3, -0.25) is 9.78 Å². The minimum absolute atomic E-state index is 0.0466. The second-order valence-corrected chi connectivity index (χ2v) is 7.22. The Hall–Kier alpha value is -3.01. The van der Waals surface area contributed by atoms with Crippen molar-refractivity contribution in [1.29, 1.82) is 0 Å². The lowest BCUT2D eigenvalue weighted by Gasteiger charge is -2.18. The number of nitrogens with zero attached hydrogens (tertiary/aromatic N) is 2. The number of fused-ring (bicyclic) bond motifs is 1. The fraction of sp³-hybridized carbons (Fsp3) is 0.350. The number of aryl methyl sites for hydroxylation is 1. The highest BCUT2D eigenvalue weighted by atomic mass is 19.4. The molecule has 6 nitrogen and oxygen atoms in total. The number of hydrogen-bond donors (Lipinski definition) is 1. The molecule has 1 N–H and O–H groups in total. The molecule has 0 amide bonds. The van der Waals surface area contributed by atoms with Crippen LogP contribution in [0.15, 0.2) is 35.3 Å². The zero-order chi connectivity index (χ0) is 21.5. The summed E-state index contributed by atoms with van der Waals surface area (Å²) >= 11 is 0. The normalized spacial score (nSPS) is 19.4. The van der Waals surface area contributed by atoms with Crippen LogP contribution in [0, 0.1) is 6.92 Å². The van der Waals surface area contributed by atoms with Crippen LogP contribution in [-0.4, -0.2) is 40.4 Å². The van der Waals surface area contributed by atoms with Crippen LogP contribution in [0.5, 0.6) is 5.75 Å². The fourth-order valence-corrected chi connectivity index (χ4v) is 3.23. The number of benzene rings is 1. The molecule has 0 bridgehead atoms. The first-order valence-corrected chi connectivity index (χ1v) is 9.12. The predicted octanol–water partition coefficient (Wildman–Crippen LogP) is 3.82. The molecule has 0 aliphatic carbocycles. The number of pyridine rings is 1. The van der Waals surface area contributed by atoms with Crippen LogP contribution in [0.2, 0.25) is 0 Å². The molecule has 0 radical (unpaired) electrons. The monoisotopic (exact) mass is 423 g/mol. The summed E-state index contributed by atoms with van der Waals surface area (Å²) in [4.78, 5) is 23.2. The molecule has 2 aromatic heterocycles. The number of rotatable bonds is 4. The molecule has 1 atom stereocenters. The molecule has 158 valence electrons. The third-order valence-electron chi connectivity index (χ3n) is 4.86. The summed E-state index contributed by atoms with van der Waals surface area (Å²) in [6, 6.07) is 4.68. The zero-order valence-electron chi connectivity index (χ0n) is 15.8. The zero-order valence-corrected chi connectivity index (χ0v) is 15.8. The lowest BCUT2D eigenvalue weighted by molar-refractivity contribution is -0.137. The quantitative estimate of drug-likeness (QED) is 0.646. The van der Waals surface area contributed by atoms with E-state index in [2.05, 4.69) is 15.0 Å². The molecule has 10 heteroatoms. The summed E-state index contributed by atoms with van der Waals surface area (Å²) in [5.74, 6) is 0.211. The van der Waals surface area contributed by atoms with Gasteiger partial charge in [0.25, 0.3) is 5.56 Å². The summed E-state index contributed by atoms with van der Waals surface area (Å²) in [6.45, 7) is 1.74. The van der Waals surface area contributed by atoms with E-state index in [1.165, 1.54) is 6.07 Å². The summed E-state index contributed by atoms with van der Waals surface area (Å²) in [6.07, 6.45) is -3.31. The molecule has 1 aromatic carbocycles. The molecule has 0 spiro atoms. The van der Waals surface area contributed by atoms with Crippen molar-refractivity contribution in [3.8, 4) is 17.3 Å². The van der Waals surface area contributed by atoms with Gasteiger partial charge in [0, 0.05) is 19.2 Å². The maximum Gasteiger partial charge on any atom is 0.416 e. The largest absolute Gasteiger partial charge is 0.490 e. The van der Waals surface area contributed by atoms with Gasteiger partial charge in [-0.15, -0.1) is 0 Å². The van der Waals surface area contributed by atoms with E-state index in [4.69, 9.17) is 9.47 Å². The predicted molar refractivity (Wildman–Crippen MR) is 100 cm³/mol. The van der Waals surface area contributed by atoms with E-state index >= 15 is 0 Å². The SMILES string of the molecule is Cc1cc(OCC2(F)CCOC2)cc2c(=O)[nH]c(-c3cc(C(F)(F)F)ccn3)nc12. The summed E-state index contributed by atoms with van der Waals surface area (Å²) < 4.78 is 63.9. The number of aromatic amines is 1. The van der Waals surface area contributed by atoms with Crippen molar-refractivity contribution < 1.29 is 27.0 Å². The molecule has 30 heavy (non-hydrogen) atoms. The van der Waals surface area contributed by atoms with Gasteiger partial charge >= 0.3 is 6.18 Å². The Bertz CT molecular complexity index is 1150. The molecule has 3 aromatic rings. The van der Waals surface area contributed by atoms with Crippen LogP contribution in [0.25, 0.3) is 22.4 Å². The summed E-state index contributed by atoms with van der Waals surface area (Å²) in [7, 11) is 0.